The predicted octanol–water partition coefficient (Wildman–Crippen LogP) is 3.11. The zero-order valence-corrected chi connectivity index (χ0v) is 11.8. The molecule has 2 atom stereocenters. The summed E-state index contributed by atoms with van der Waals surface area (Å²) in [6, 6.07) is 9.50. The third-order valence-corrected chi connectivity index (χ3v) is 3.91. The van der Waals surface area contributed by atoms with Gasteiger partial charge in [-0.15, -0.1) is 0 Å². The van der Waals surface area contributed by atoms with E-state index in [1.165, 1.54) is 24.0 Å². The van der Waals surface area contributed by atoms with Gasteiger partial charge >= 0.3 is 0 Å². The van der Waals surface area contributed by atoms with Gasteiger partial charge in [0.1, 0.15) is 0 Å². The average Bonchev–Trinajstić information content (AvgIpc) is 3.16. The normalized spacial score (nSPS) is 18.6. The summed E-state index contributed by atoms with van der Waals surface area (Å²) in [5.74, 6) is 1.09. The monoisotopic (exact) mass is 247 g/mol. The lowest BCUT2D eigenvalue weighted by Crippen LogP contribution is -2.29. The van der Waals surface area contributed by atoms with Crippen LogP contribution in [0.1, 0.15) is 36.8 Å². The van der Waals surface area contributed by atoms with Gasteiger partial charge in [-0.1, -0.05) is 31.2 Å². The molecule has 2 heteroatoms. The molecule has 1 aliphatic rings. The Balaban J connectivity index is 2.08. The van der Waals surface area contributed by atoms with Crippen molar-refractivity contribution >= 4 is 0 Å². The van der Waals surface area contributed by atoms with E-state index < -0.39 is 0 Å². The molecule has 0 radical (unpaired) electrons. The quantitative estimate of drug-likeness (QED) is 0.799. The molecule has 2 rings (SSSR count). The summed E-state index contributed by atoms with van der Waals surface area (Å²) in [7, 11) is 1.79. The number of benzene rings is 1. The molecule has 2 nitrogen and oxygen atoms in total. The summed E-state index contributed by atoms with van der Waals surface area (Å²) >= 11 is 0. The summed E-state index contributed by atoms with van der Waals surface area (Å²) in [5.41, 5.74) is 2.86. The molecule has 18 heavy (non-hydrogen) atoms. The molecule has 1 saturated carbocycles. The van der Waals surface area contributed by atoms with Crippen LogP contribution >= 0.6 is 0 Å². The molecule has 0 spiro atoms. The van der Waals surface area contributed by atoms with Gasteiger partial charge in [0.15, 0.2) is 0 Å². The van der Waals surface area contributed by atoms with Crippen molar-refractivity contribution in [2.75, 3.05) is 20.3 Å². The second kappa shape index (κ2) is 6.35. The Morgan fingerprint density at radius 3 is 2.67 bits per heavy atom. The van der Waals surface area contributed by atoms with Crippen LogP contribution in [0.2, 0.25) is 0 Å². The van der Waals surface area contributed by atoms with Crippen molar-refractivity contribution in [2.45, 2.75) is 38.6 Å². The second-order valence-electron chi connectivity index (χ2n) is 5.58. The van der Waals surface area contributed by atoms with E-state index in [9.17, 15) is 0 Å². The van der Waals surface area contributed by atoms with Crippen LogP contribution in [0.4, 0.5) is 0 Å². The number of hydrogen-bond donors (Lipinski definition) is 1. The molecular formula is C16H25NO. The number of methoxy groups -OCH3 is 1. The SMILES string of the molecule is COCC(C)C(CNC1CC1)c1ccccc1C. The maximum atomic E-state index is 5.34. The summed E-state index contributed by atoms with van der Waals surface area (Å²) in [5, 5.41) is 3.67. The Morgan fingerprint density at radius 1 is 1.33 bits per heavy atom. The van der Waals surface area contributed by atoms with E-state index in [0.717, 1.165) is 19.2 Å². The molecule has 1 aromatic carbocycles. The van der Waals surface area contributed by atoms with Crippen LogP contribution < -0.4 is 5.32 Å². The Morgan fingerprint density at radius 2 is 2.06 bits per heavy atom. The van der Waals surface area contributed by atoms with Gasteiger partial charge in [0.25, 0.3) is 0 Å². The van der Waals surface area contributed by atoms with E-state index in [2.05, 4.69) is 43.4 Å². The predicted molar refractivity (Wildman–Crippen MR) is 76.0 cm³/mol. The lowest BCUT2D eigenvalue weighted by Gasteiger charge is -2.26. The molecule has 1 N–H and O–H groups in total. The van der Waals surface area contributed by atoms with Gasteiger partial charge in [-0.05, 0) is 36.8 Å². The average molecular weight is 247 g/mol. The summed E-state index contributed by atoms with van der Waals surface area (Å²) < 4.78 is 5.34. The van der Waals surface area contributed by atoms with Crippen molar-refractivity contribution in [3.63, 3.8) is 0 Å². The highest BCUT2D eigenvalue weighted by Gasteiger charge is 2.25. The third kappa shape index (κ3) is 3.56. The van der Waals surface area contributed by atoms with Gasteiger partial charge in [0, 0.05) is 32.2 Å². The molecule has 0 aliphatic heterocycles. The van der Waals surface area contributed by atoms with E-state index in [1.807, 2.05) is 0 Å². The van der Waals surface area contributed by atoms with Crippen LogP contribution in [-0.4, -0.2) is 26.3 Å². The van der Waals surface area contributed by atoms with E-state index in [1.54, 1.807) is 7.11 Å². The first-order valence-electron chi connectivity index (χ1n) is 7.00. The molecule has 0 aromatic heterocycles. The van der Waals surface area contributed by atoms with Gasteiger partial charge in [0.05, 0.1) is 0 Å². The highest BCUT2D eigenvalue weighted by atomic mass is 16.5. The van der Waals surface area contributed by atoms with Crippen LogP contribution in [0.25, 0.3) is 0 Å². The standard InChI is InChI=1S/C16H25NO/c1-12-6-4-5-7-15(12)16(13(2)11-18-3)10-17-14-8-9-14/h4-7,13-14,16-17H,8-11H2,1-3H3. The van der Waals surface area contributed by atoms with Crippen molar-refractivity contribution in [1.82, 2.24) is 5.32 Å². The fourth-order valence-corrected chi connectivity index (χ4v) is 2.58. The molecule has 1 aromatic rings. The van der Waals surface area contributed by atoms with Gasteiger partial charge in [-0.25, -0.2) is 0 Å². The zero-order valence-electron chi connectivity index (χ0n) is 11.8. The topological polar surface area (TPSA) is 21.3 Å². The van der Waals surface area contributed by atoms with Gasteiger partial charge in [0.2, 0.25) is 0 Å². The summed E-state index contributed by atoms with van der Waals surface area (Å²) in [6.07, 6.45) is 2.69. The minimum atomic E-state index is 0.544. The van der Waals surface area contributed by atoms with Crippen molar-refractivity contribution < 1.29 is 4.74 Å². The Hall–Kier alpha value is -0.860. The van der Waals surface area contributed by atoms with Crippen LogP contribution in [0.3, 0.4) is 0 Å². The minimum Gasteiger partial charge on any atom is -0.384 e. The van der Waals surface area contributed by atoms with Crippen LogP contribution in [0, 0.1) is 12.8 Å². The Labute approximate surface area is 111 Å². The number of hydrogen-bond acceptors (Lipinski definition) is 2. The first kappa shape index (κ1) is 13.6. The first-order valence-corrected chi connectivity index (χ1v) is 7.00. The van der Waals surface area contributed by atoms with Crippen LogP contribution in [-0.2, 0) is 4.74 Å². The molecular weight excluding hydrogens is 222 g/mol. The zero-order chi connectivity index (χ0) is 13.0. The van der Waals surface area contributed by atoms with E-state index in [4.69, 9.17) is 4.74 Å². The highest BCUT2D eigenvalue weighted by molar-refractivity contribution is 5.30. The highest BCUT2D eigenvalue weighted by Crippen LogP contribution is 2.28. The van der Waals surface area contributed by atoms with E-state index in [-0.39, 0.29) is 0 Å². The maximum Gasteiger partial charge on any atom is 0.0494 e. The maximum absolute atomic E-state index is 5.34. The summed E-state index contributed by atoms with van der Waals surface area (Å²) in [6.45, 7) is 6.39. The molecule has 0 amide bonds. The second-order valence-corrected chi connectivity index (χ2v) is 5.58. The fraction of sp³-hybridized carbons (Fsp3) is 0.625. The van der Waals surface area contributed by atoms with Crippen molar-refractivity contribution in [3.8, 4) is 0 Å². The fourth-order valence-electron chi connectivity index (χ4n) is 2.58. The molecule has 2 unspecified atom stereocenters. The smallest absolute Gasteiger partial charge is 0.0494 e. The number of aryl methyl sites for hydroxylation is 1. The largest absolute Gasteiger partial charge is 0.384 e. The van der Waals surface area contributed by atoms with Crippen molar-refractivity contribution in [3.05, 3.63) is 35.4 Å². The molecule has 0 saturated heterocycles. The summed E-state index contributed by atoms with van der Waals surface area (Å²) in [4.78, 5) is 0. The lowest BCUT2D eigenvalue weighted by atomic mass is 9.85. The number of nitrogens with one attached hydrogen (secondary N) is 1. The van der Waals surface area contributed by atoms with Crippen LogP contribution in [0.15, 0.2) is 24.3 Å². The third-order valence-electron chi connectivity index (χ3n) is 3.91. The molecule has 100 valence electrons. The molecule has 0 heterocycles. The van der Waals surface area contributed by atoms with Crippen LogP contribution in [0.5, 0.6) is 0 Å². The van der Waals surface area contributed by atoms with Gasteiger partial charge in [-0.3, -0.25) is 0 Å². The molecule has 1 aliphatic carbocycles. The number of rotatable bonds is 7. The van der Waals surface area contributed by atoms with Gasteiger partial charge < -0.3 is 10.1 Å². The van der Waals surface area contributed by atoms with Crippen molar-refractivity contribution in [1.29, 1.82) is 0 Å². The van der Waals surface area contributed by atoms with Gasteiger partial charge in [-0.2, -0.15) is 0 Å². The number of ether oxygens (including phenoxy) is 1. The van der Waals surface area contributed by atoms with Crippen molar-refractivity contribution in [2.24, 2.45) is 5.92 Å². The van der Waals surface area contributed by atoms with E-state index >= 15 is 0 Å². The molecule has 0 bridgehead atoms. The van der Waals surface area contributed by atoms with E-state index in [0.29, 0.717) is 11.8 Å². The molecule has 1 fully saturated rings. The first-order chi connectivity index (χ1) is 8.72. The lowest BCUT2D eigenvalue weighted by molar-refractivity contribution is 0.145. The minimum absolute atomic E-state index is 0.544. The Kier molecular flexibility index (Phi) is 4.79. The Bertz CT molecular complexity index is 373.